The van der Waals surface area contributed by atoms with Crippen LogP contribution in [0, 0.1) is 6.92 Å². The molecule has 26 heavy (non-hydrogen) atoms. The van der Waals surface area contributed by atoms with E-state index in [1.165, 1.54) is 11.8 Å². The molecule has 3 rings (SSSR count). The summed E-state index contributed by atoms with van der Waals surface area (Å²) in [5.41, 5.74) is 1.19. The minimum atomic E-state index is -3.43. The fourth-order valence-electron chi connectivity index (χ4n) is 2.87. The van der Waals surface area contributed by atoms with E-state index in [0.29, 0.717) is 32.1 Å². The lowest BCUT2D eigenvalue weighted by atomic mass is 10.2. The number of hydrogen-bond acceptors (Lipinski definition) is 5. The zero-order valence-electron chi connectivity index (χ0n) is 15.0. The van der Waals surface area contributed by atoms with Crippen LogP contribution < -0.4 is 10.1 Å². The zero-order valence-corrected chi connectivity index (χ0v) is 15.8. The third-order valence-corrected chi connectivity index (χ3v) is 6.27. The van der Waals surface area contributed by atoms with E-state index in [0.717, 1.165) is 25.0 Å². The molecule has 7 heteroatoms. The lowest BCUT2D eigenvalue weighted by Gasteiger charge is -2.25. The minimum Gasteiger partial charge on any atom is -0.492 e. The van der Waals surface area contributed by atoms with Gasteiger partial charge in [-0.3, -0.25) is 0 Å². The number of nitrogens with zero attached hydrogens (tertiary/aromatic N) is 2. The van der Waals surface area contributed by atoms with Crippen molar-refractivity contribution in [3.63, 3.8) is 0 Å². The van der Waals surface area contributed by atoms with Gasteiger partial charge in [-0.25, -0.2) is 13.4 Å². The van der Waals surface area contributed by atoms with Crippen molar-refractivity contribution in [1.82, 2.24) is 9.29 Å². The molecule has 0 atom stereocenters. The van der Waals surface area contributed by atoms with E-state index in [2.05, 4.69) is 10.3 Å². The first-order valence-corrected chi connectivity index (χ1v) is 10.4. The maximum absolute atomic E-state index is 12.6. The first-order valence-electron chi connectivity index (χ1n) is 8.95. The standard InChI is InChI=1S/C19H25N3O3S/c1-16-5-7-17(8-6-16)25-14-11-20-19-10-9-18(15-21-19)26(23,24)22-12-3-2-4-13-22/h5-10,15H,2-4,11-14H2,1H3,(H,20,21). The van der Waals surface area contributed by atoms with Gasteiger partial charge in [0.15, 0.2) is 0 Å². The highest BCUT2D eigenvalue weighted by atomic mass is 32.2. The van der Waals surface area contributed by atoms with Crippen LogP contribution in [0.5, 0.6) is 5.75 Å². The molecule has 0 bridgehead atoms. The molecule has 1 aromatic carbocycles. The van der Waals surface area contributed by atoms with Crippen molar-refractivity contribution in [2.45, 2.75) is 31.1 Å². The molecule has 0 saturated carbocycles. The van der Waals surface area contributed by atoms with Crippen LogP contribution in [-0.4, -0.2) is 43.9 Å². The Morgan fingerprint density at radius 3 is 2.46 bits per heavy atom. The average Bonchev–Trinajstić information content (AvgIpc) is 2.68. The topological polar surface area (TPSA) is 71.5 Å². The van der Waals surface area contributed by atoms with E-state index in [4.69, 9.17) is 4.74 Å². The molecule has 0 aliphatic carbocycles. The number of nitrogens with one attached hydrogen (secondary N) is 1. The summed E-state index contributed by atoms with van der Waals surface area (Å²) in [4.78, 5) is 4.47. The Hall–Kier alpha value is -2.12. The second kappa shape index (κ2) is 8.51. The molecule has 0 amide bonds. The summed E-state index contributed by atoms with van der Waals surface area (Å²) in [5, 5.41) is 3.14. The Kier molecular flexibility index (Phi) is 6.11. The van der Waals surface area contributed by atoms with Gasteiger partial charge in [-0.15, -0.1) is 0 Å². The number of sulfonamides is 1. The van der Waals surface area contributed by atoms with Crippen molar-refractivity contribution in [3.8, 4) is 5.75 Å². The third-order valence-electron chi connectivity index (χ3n) is 4.39. The zero-order chi connectivity index (χ0) is 18.4. The lowest BCUT2D eigenvalue weighted by Crippen LogP contribution is -2.35. The second-order valence-corrected chi connectivity index (χ2v) is 8.37. The number of anilines is 1. The number of ether oxygens (including phenoxy) is 1. The predicted molar refractivity (Wildman–Crippen MR) is 102 cm³/mol. The van der Waals surface area contributed by atoms with Crippen LogP contribution in [-0.2, 0) is 10.0 Å². The Labute approximate surface area is 155 Å². The quantitative estimate of drug-likeness (QED) is 0.753. The van der Waals surface area contributed by atoms with Gasteiger partial charge in [-0.2, -0.15) is 4.31 Å². The first-order chi connectivity index (χ1) is 12.6. The number of hydrogen-bond donors (Lipinski definition) is 1. The maximum Gasteiger partial charge on any atom is 0.244 e. The van der Waals surface area contributed by atoms with E-state index in [-0.39, 0.29) is 4.90 Å². The lowest BCUT2D eigenvalue weighted by molar-refractivity contribution is 0.332. The van der Waals surface area contributed by atoms with Crippen LogP contribution in [0.1, 0.15) is 24.8 Å². The Bertz CT molecular complexity index is 799. The fourth-order valence-corrected chi connectivity index (χ4v) is 4.34. The van der Waals surface area contributed by atoms with E-state index >= 15 is 0 Å². The van der Waals surface area contributed by atoms with Crippen LogP contribution in [0.3, 0.4) is 0 Å². The highest BCUT2D eigenvalue weighted by Gasteiger charge is 2.25. The molecule has 1 aromatic heterocycles. The second-order valence-electron chi connectivity index (χ2n) is 6.43. The molecular formula is C19H25N3O3S. The van der Waals surface area contributed by atoms with Crippen molar-refractivity contribution in [2.24, 2.45) is 0 Å². The summed E-state index contributed by atoms with van der Waals surface area (Å²) in [6.07, 6.45) is 4.37. The van der Waals surface area contributed by atoms with Crippen molar-refractivity contribution in [2.75, 3.05) is 31.6 Å². The first kappa shape index (κ1) is 18.7. The van der Waals surface area contributed by atoms with Gasteiger partial charge in [-0.05, 0) is 44.0 Å². The van der Waals surface area contributed by atoms with E-state index in [1.807, 2.05) is 31.2 Å². The number of piperidine rings is 1. The molecule has 2 heterocycles. The molecule has 1 N–H and O–H groups in total. The Morgan fingerprint density at radius 2 is 1.81 bits per heavy atom. The van der Waals surface area contributed by atoms with Crippen LogP contribution in [0.15, 0.2) is 47.5 Å². The minimum absolute atomic E-state index is 0.251. The summed E-state index contributed by atoms with van der Waals surface area (Å²) in [5.74, 6) is 1.46. The number of rotatable bonds is 7. The van der Waals surface area contributed by atoms with Gasteiger partial charge in [0.25, 0.3) is 0 Å². The highest BCUT2D eigenvalue weighted by molar-refractivity contribution is 7.89. The molecule has 1 saturated heterocycles. The van der Waals surface area contributed by atoms with Crippen LogP contribution in [0.2, 0.25) is 0 Å². The molecule has 1 aliphatic heterocycles. The smallest absolute Gasteiger partial charge is 0.244 e. The summed E-state index contributed by atoms with van der Waals surface area (Å²) in [7, 11) is -3.43. The van der Waals surface area contributed by atoms with Gasteiger partial charge in [0.1, 0.15) is 23.1 Å². The molecular weight excluding hydrogens is 350 g/mol. The number of aryl methyl sites for hydroxylation is 1. The SMILES string of the molecule is Cc1ccc(OCCNc2ccc(S(=O)(=O)N3CCCCC3)cn2)cc1. The monoisotopic (exact) mass is 375 g/mol. The van der Waals surface area contributed by atoms with E-state index < -0.39 is 10.0 Å². The summed E-state index contributed by atoms with van der Waals surface area (Å²) in [6, 6.07) is 11.2. The number of pyridine rings is 1. The van der Waals surface area contributed by atoms with Crippen LogP contribution in [0.25, 0.3) is 0 Å². The van der Waals surface area contributed by atoms with Crippen LogP contribution in [0.4, 0.5) is 5.82 Å². The normalized spacial score (nSPS) is 15.6. The van der Waals surface area contributed by atoms with Crippen molar-refractivity contribution in [1.29, 1.82) is 0 Å². The maximum atomic E-state index is 12.6. The van der Waals surface area contributed by atoms with Gasteiger partial charge >= 0.3 is 0 Å². The summed E-state index contributed by atoms with van der Waals surface area (Å²) in [6.45, 7) is 4.31. The fraction of sp³-hybridized carbons (Fsp3) is 0.421. The predicted octanol–water partition coefficient (Wildman–Crippen LogP) is 3.06. The average molecular weight is 375 g/mol. The highest BCUT2D eigenvalue weighted by Crippen LogP contribution is 2.20. The van der Waals surface area contributed by atoms with E-state index in [9.17, 15) is 8.42 Å². The summed E-state index contributed by atoms with van der Waals surface area (Å²) >= 11 is 0. The van der Waals surface area contributed by atoms with Crippen molar-refractivity contribution >= 4 is 15.8 Å². The van der Waals surface area contributed by atoms with Gasteiger partial charge in [0.2, 0.25) is 10.0 Å². The van der Waals surface area contributed by atoms with Crippen molar-refractivity contribution < 1.29 is 13.2 Å². The molecule has 2 aromatic rings. The van der Waals surface area contributed by atoms with Gasteiger partial charge in [-0.1, -0.05) is 24.1 Å². The Morgan fingerprint density at radius 1 is 1.08 bits per heavy atom. The van der Waals surface area contributed by atoms with Gasteiger partial charge in [0.05, 0.1) is 6.54 Å². The Balaban J connectivity index is 1.50. The molecule has 0 spiro atoms. The summed E-state index contributed by atoms with van der Waals surface area (Å²) < 4.78 is 32.4. The number of benzene rings is 1. The van der Waals surface area contributed by atoms with Gasteiger partial charge < -0.3 is 10.1 Å². The molecule has 6 nitrogen and oxygen atoms in total. The molecule has 1 fully saturated rings. The molecule has 0 radical (unpaired) electrons. The van der Waals surface area contributed by atoms with Gasteiger partial charge in [0, 0.05) is 19.3 Å². The van der Waals surface area contributed by atoms with Crippen LogP contribution >= 0.6 is 0 Å². The third kappa shape index (κ3) is 4.74. The largest absolute Gasteiger partial charge is 0.492 e. The number of aromatic nitrogens is 1. The van der Waals surface area contributed by atoms with E-state index in [1.54, 1.807) is 16.4 Å². The van der Waals surface area contributed by atoms with Crippen molar-refractivity contribution in [3.05, 3.63) is 48.2 Å². The molecule has 0 unspecified atom stereocenters. The molecule has 1 aliphatic rings. The molecule has 140 valence electrons.